The molecule has 9 heteroatoms. The van der Waals surface area contributed by atoms with Gasteiger partial charge in [-0.15, -0.1) is 0 Å². The van der Waals surface area contributed by atoms with Crippen molar-refractivity contribution in [1.82, 2.24) is 4.90 Å². The molecule has 0 unspecified atom stereocenters. The molecule has 2 heterocycles. The van der Waals surface area contributed by atoms with E-state index in [0.717, 1.165) is 56.9 Å². The van der Waals surface area contributed by atoms with E-state index in [4.69, 9.17) is 14.2 Å². The SMILES string of the molecule is C[C@H]1CCN(C(=O)OCc2ccc([N+](=O)[O-])cc2)[C@@]2(CC1)O[C@H]1C[C@H]3[C@@H]4CC=C5C[C@@H](OC(=O)c6ccccc6)CC[C@]5(C)[C@H]4CC[C@]3(C)[C@H]1[C@@H]2C. The Morgan fingerprint density at radius 2 is 1.73 bits per heavy atom. The van der Waals surface area contributed by atoms with Gasteiger partial charge in [0.1, 0.15) is 18.4 Å². The molecule has 2 aromatic rings. The van der Waals surface area contributed by atoms with Gasteiger partial charge in [-0.2, -0.15) is 0 Å². The van der Waals surface area contributed by atoms with Crippen molar-refractivity contribution >= 4 is 17.7 Å². The van der Waals surface area contributed by atoms with Crippen molar-refractivity contribution in [2.75, 3.05) is 6.54 Å². The molecule has 278 valence electrons. The summed E-state index contributed by atoms with van der Waals surface area (Å²) < 4.78 is 19.3. The lowest BCUT2D eigenvalue weighted by atomic mass is 9.47. The third-order valence-corrected chi connectivity index (χ3v) is 15.1. The number of allylic oxidation sites excluding steroid dienone is 1. The number of non-ortho nitro benzene ring substituents is 1. The van der Waals surface area contributed by atoms with Crippen molar-refractivity contribution in [2.45, 2.75) is 116 Å². The second kappa shape index (κ2) is 13.3. The Bertz CT molecular complexity index is 1730. The molecule has 4 aliphatic carbocycles. The first-order chi connectivity index (χ1) is 24.9. The predicted molar refractivity (Wildman–Crippen MR) is 196 cm³/mol. The van der Waals surface area contributed by atoms with Gasteiger partial charge in [-0.3, -0.25) is 15.0 Å². The van der Waals surface area contributed by atoms with E-state index in [0.29, 0.717) is 41.7 Å². The summed E-state index contributed by atoms with van der Waals surface area (Å²) in [6.45, 7) is 10.3. The molecular formula is C43H54N2O7. The van der Waals surface area contributed by atoms with Crippen molar-refractivity contribution < 1.29 is 28.7 Å². The van der Waals surface area contributed by atoms with E-state index in [-0.39, 0.29) is 53.3 Å². The average molecular weight is 711 g/mol. The number of carbonyl (C=O) groups excluding carboxylic acids is 2. The van der Waals surface area contributed by atoms with E-state index >= 15 is 0 Å². The van der Waals surface area contributed by atoms with Gasteiger partial charge in [0.15, 0.2) is 0 Å². The van der Waals surface area contributed by atoms with Crippen LogP contribution in [0.15, 0.2) is 66.2 Å². The number of hydrogen-bond acceptors (Lipinski definition) is 7. The van der Waals surface area contributed by atoms with Gasteiger partial charge in [-0.25, -0.2) is 9.59 Å². The number of rotatable bonds is 5. The number of nitro benzene ring substituents is 1. The maximum atomic E-state index is 14.0. The van der Waals surface area contributed by atoms with Crippen LogP contribution in [0.3, 0.4) is 0 Å². The van der Waals surface area contributed by atoms with E-state index < -0.39 is 10.6 Å². The molecule has 0 aromatic heterocycles. The highest BCUT2D eigenvalue weighted by Gasteiger charge is 2.69. The van der Waals surface area contributed by atoms with Crippen LogP contribution in [0.5, 0.6) is 0 Å². The monoisotopic (exact) mass is 710 g/mol. The summed E-state index contributed by atoms with van der Waals surface area (Å²) in [5.74, 6) is 2.58. The summed E-state index contributed by atoms with van der Waals surface area (Å²) >= 11 is 0. The van der Waals surface area contributed by atoms with Crippen LogP contribution in [-0.2, 0) is 20.8 Å². The first-order valence-corrected chi connectivity index (χ1v) is 19.7. The lowest BCUT2D eigenvalue weighted by Crippen LogP contribution is -2.57. The van der Waals surface area contributed by atoms with E-state index in [1.54, 1.807) is 12.1 Å². The Balaban J connectivity index is 0.980. The van der Waals surface area contributed by atoms with Crippen molar-refractivity contribution in [2.24, 2.45) is 46.3 Å². The number of benzene rings is 2. The van der Waals surface area contributed by atoms with Gasteiger partial charge in [0.05, 0.1) is 16.6 Å². The van der Waals surface area contributed by atoms with Gasteiger partial charge in [-0.1, -0.05) is 57.5 Å². The third kappa shape index (κ3) is 5.77. The number of ether oxygens (including phenoxy) is 3. The molecule has 6 aliphatic rings. The Morgan fingerprint density at radius 3 is 2.48 bits per heavy atom. The molecule has 1 spiro atoms. The van der Waals surface area contributed by atoms with Gasteiger partial charge >= 0.3 is 12.1 Å². The first-order valence-electron chi connectivity index (χ1n) is 19.7. The molecule has 2 aromatic carbocycles. The molecule has 0 bridgehead atoms. The summed E-state index contributed by atoms with van der Waals surface area (Å²) in [5, 5.41) is 11.1. The van der Waals surface area contributed by atoms with E-state index in [9.17, 15) is 19.7 Å². The normalized spacial score (nSPS) is 39.3. The number of nitro groups is 1. The minimum Gasteiger partial charge on any atom is -0.458 e. The van der Waals surface area contributed by atoms with Crippen LogP contribution in [0.1, 0.15) is 108 Å². The van der Waals surface area contributed by atoms with Crippen LogP contribution in [0.25, 0.3) is 0 Å². The van der Waals surface area contributed by atoms with E-state index in [2.05, 4.69) is 33.8 Å². The van der Waals surface area contributed by atoms with Crippen LogP contribution < -0.4 is 0 Å². The number of esters is 1. The molecule has 0 radical (unpaired) electrons. The second-order valence-corrected chi connectivity index (χ2v) is 17.6. The summed E-state index contributed by atoms with van der Waals surface area (Å²) in [7, 11) is 0. The number of amides is 1. The van der Waals surface area contributed by atoms with Gasteiger partial charge < -0.3 is 14.2 Å². The number of likely N-dealkylation sites (tertiary alicyclic amines) is 1. The standard InChI is InChI=1S/C43H54N2O7/c1-27-16-22-43(44(23-19-27)40(47)50-26-29-10-13-32(14-11-29)45(48)49)28(2)38-37(52-43)25-36-34-15-12-31-24-33(51-39(46)30-8-6-5-7-9-30)17-20-41(31,3)35(34)18-21-42(36,38)4/h5-14,27-28,33-38H,15-26H2,1-4H3/t27-,28+,33+,34-,35+,36+,37+,38+,41+,42+,43+/m1/s1. The second-order valence-electron chi connectivity index (χ2n) is 17.6. The van der Waals surface area contributed by atoms with Gasteiger partial charge in [0.2, 0.25) is 0 Å². The summed E-state index contributed by atoms with van der Waals surface area (Å²) in [6, 6.07) is 15.5. The minimum atomic E-state index is -0.696. The zero-order valence-corrected chi connectivity index (χ0v) is 31.1. The van der Waals surface area contributed by atoms with E-state index in [1.807, 2.05) is 35.2 Å². The Kier molecular flexibility index (Phi) is 9.03. The highest BCUT2D eigenvalue weighted by molar-refractivity contribution is 5.89. The molecule has 52 heavy (non-hydrogen) atoms. The van der Waals surface area contributed by atoms with Crippen LogP contribution in [0.2, 0.25) is 0 Å². The number of carbonyl (C=O) groups is 2. The highest BCUT2D eigenvalue weighted by Crippen LogP contribution is 2.70. The Morgan fingerprint density at radius 1 is 0.962 bits per heavy atom. The maximum Gasteiger partial charge on any atom is 0.412 e. The maximum absolute atomic E-state index is 14.0. The molecular weight excluding hydrogens is 656 g/mol. The Hall–Kier alpha value is -3.72. The average Bonchev–Trinajstić information content (AvgIpc) is 3.52. The molecule has 11 atom stereocenters. The molecule has 3 saturated carbocycles. The highest BCUT2D eigenvalue weighted by atomic mass is 16.6. The van der Waals surface area contributed by atoms with Crippen LogP contribution in [-0.4, -0.2) is 46.4 Å². The molecule has 9 nitrogen and oxygen atoms in total. The summed E-state index contributed by atoms with van der Waals surface area (Å²) in [5.41, 5.74) is 2.42. The summed E-state index contributed by atoms with van der Waals surface area (Å²) in [6.07, 6.45) is 12.2. The topological polar surface area (TPSA) is 108 Å². The van der Waals surface area contributed by atoms with Gasteiger partial charge in [0, 0.05) is 31.0 Å². The molecule has 0 N–H and O–H groups in total. The number of nitrogens with zero attached hydrogens (tertiary/aromatic N) is 2. The quantitative estimate of drug-likeness (QED) is 0.132. The zero-order valence-electron chi connectivity index (χ0n) is 31.1. The molecule has 2 aliphatic heterocycles. The zero-order chi connectivity index (χ0) is 36.4. The predicted octanol–water partition coefficient (Wildman–Crippen LogP) is 9.50. The molecule has 8 rings (SSSR count). The first kappa shape index (κ1) is 35.3. The fourth-order valence-electron chi connectivity index (χ4n) is 12.3. The smallest absolute Gasteiger partial charge is 0.412 e. The third-order valence-electron chi connectivity index (χ3n) is 15.1. The van der Waals surface area contributed by atoms with Gasteiger partial charge in [-0.05, 0) is 128 Å². The fraction of sp³-hybridized carbons (Fsp3) is 0.628. The van der Waals surface area contributed by atoms with Crippen LogP contribution in [0, 0.1) is 56.5 Å². The van der Waals surface area contributed by atoms with Crippen molar-refractivity contribution in [3.8, 4) is 0 Å². The van der Waals surface area contributed by atoms with Crippen molar-refractivity contribution in [3.05, 3.63) is 87.5 Å². The van der Waals surface area contributed by atoms with Crippen LogP contribution >= 0.6 is 0 Å². The molecule has 2 saturated heterocycles. The fourth-order valence-corrected chi connectivity index (χ4v) is 12.3. The minimum absolute atomic E-state index is 0.0177. The lowest BCUT2D eigenvalue weighted by molar-refractivity contribution is -0.384. The largest absolute Gasteiger partial charge is 0.458 e. The van der Waals surface area contributed by atoms with E-state index in [1.165, 1.54) is 30.5 Å². The Labute approximate surface area is 307 Å². The van der Waals surface area contributed by atoms with Crippen molar-refractivity contribution in [1.29, 1.82) is 0 Å². The number of hydrogen-bond donors (Lipinski definition) is 0. The molecule has 1 amide bonds. The van der Waals surface area contributed by atoms with Crippen LogP contribution in [0.4, 0.5) is 10.5 Å². The molecule has 5 fully saturated rings. The van der Waals surface area contributed by atoms with Gasteiger partial charge in [0.25, 0.3) is 5.69 Å². The summed E-state index contributed by atoms with van der Waals surface area (Å²) in [4.78, 5) is 39.5. The lowest BCUT2D eigenvalue weighted by Gasteiger charge is -2.58. The van der Waals surface area contributed by atoms with Crippen molar-refractivity contribution in [3.63, 3.8) is 0 Å². The number of fused-ring (bicyclic) bond motifs is 7.